The second-order valence-electron chi connectivity index (χ2n) is 8.90. The number of aliphatic hydroxyl groups is 1. The van der Waals surface area contributed by atoms with E-state index in [0.29, 0.717) is 23.2 Å². The zero-order valence-corrected chi connectivity index (χ0v) is 21.2. The molecule has 0 amide bonds. The number of rotatable bonds is 6. The van der Waals surface area contributed by atoms with E-state index >= 15 is 0 Å². The van der Waals surface area contributed by atoms with Gasteiger partial charge in [-0.05, 0) is 54.0 Å². The van der Waals surface area contributed by atoms with Crippen LogP contribution in [0.3, 0.4) is 0 Å². The minimum atomic E-state index is -1.34. The Kier molecular flexibility index (Phi) is 6.24. The fraction of sp³-hybridized carbons (Fsp3) is 0.375. The molecule has 1 aromatic carbocycles. The highest BCUT2D eigenvalue weighted by Crippen LogP contribution is 2.40. The van der Waals surface area contributed by atoms with Crippen LogP contribution in [0, 0.1) is 5.92 Å². The smallest absolute Gasteiger partial charge is 0.162 e. The summed E-state index contributed by atoms with van der Waals surface area (Å²) in [5.41, 5.74) is 1.48. The molecule has 10 heteroatoms. The monoisotopic (exact) mass is 546 g/mol. The van der Waals surface area contributed by atoms with E-state index in [9.17, 15) is 5.11 Å². The number of pyridine rings is 1. The maximum atomic E-state index is 10.4. The largest absolute Gasteiger partial charge is 0.491 e. The molecule has 1 fully saturated rings. The predicted octanol–water partition coefficient (Wildman–Crippen LogP) is 5.12. The molecule has 0 unspecified atom stereocenters. The van der Waals surface area contributed by atoms with Crippen LogP contribution in [-0.2, 0) is 9.47 Å². The van der Waals surface area contributed by atoms with Crippen molar-refractivity contribution in [3.8, 4) is 5.75 Å². The third kappa shape index (κ3) is 4.63. The second kappa shape index (κ2) is 9.05. The maximum absolute atomic E-state index is 10.4. The van der Waals surface area contributed by atoms with Crippen LogP contribution in [0.4, 0.5) is 0 Å². The Morgan fingerprint density at radius 2 is 2.03 bits per heavy atom. The Morgan fingerprint density at radius 3 is 2.82 bits per heavy atom. The highest BCUT2D eigenvalue weighted by atomic mass is 79.9. The number of hydrogen-bond donors (Lipinski definition) is 1. The first-order valence-corrected chi connectivity index (χ1v) is 12.1. The molecule has 4 aromatic rings. The number of nitrogens with zero attached hydrogens (tertiary/aromatic N) is 4. The first-order chi connectivity index (χ1) is 16.2. The summed E-state index contributed by atoms with van der Waals surface area (Å²) in [5, 5.41) is 12.5. The molecule has 8 nitrogen and oxygen atoms in total. The van der Waals surface area contributed by atoms with Gasteiger partial charge in [0.05, 0.1) is 17.0 Å². The summed E-state index contributed by atoms with van der Waals surface area (Å²) in [6.45, 7) is 5.54. The fourth-order valence-electron chi connectivity index (χ4n) is 4.25. The summed E-state index contributed by atoms with van der Waals surface area (Å²) in [6, 6.07) is 9.64. The third-order valence-electron chi connectivity index (χ3n) is 5.90. The molecule has 0 spiro atoms. The first kappa shape index (κ1) is 23.4. The normalized spacial score (nSPS) is 23.1. The van der Waals surface area contributed by atoms with Gasteiger partial charge in [0, 0.05) is 34.2 Å². The van der Waals surface area contributed by atoms with Gasteiger partial charge in [0.2, 0.25) is 0 Å². The number of fused-ring (bicyclic) bond motifs is 2. The molecule has 0 aliphatic carbocycles. The molecular weight excluding hydrogens is 524 g/mol. The van der Waals surface area contributed by atoms with Crippen LogP contribution >= 0.6 is 27.5 Å². The van der Waals surface area contributed by atoms with Crippen molar-refractivity contribution in [2.24, 2.45) is 5.92 Å². The Bertz CT molecular complexity index is 1340. The molecular formula is C24H24BrClN4O4. The van der Waals surface area contributed by atoms with Crippen molar-refractivity contribution in [2.45, 2.75) is 45.0 Å². The zero-order chi connectivity index (χ0) is 24.0. The summed E-state index contributed by atoms with van der Waals surface area (Å²) in [4.78, 5) is 12.9. The van der Waals surface area contributed by atoms with E-state index in [0.717, 1.165) is 20.8 Å². The van der Waals surface area contributed by atoms with Crippen molar-refractivity contribution in [1.29, 1.82) is 0 Å². The van der Waals surface area contributed by atoms with Crippen LogP contribution in [0.15, 0.2) is 53.5 Å². The minimum absolute atomic E-state index is 0.0827. The van der Waals surface area contributed by atoms with Crippen molar-refractivity contribution in [3.63, 3.8) is 0 Å². The lowest BCUT2D eigenvalue weighted by atomic mass is 10.00. The van der Waals surface area contributed by atoms with E-state index in [2.05, 4.69) is 30.9 Å². The Morgan fingerprint density at radius 1 is 1.21 bits per heavy atom. The van der Waals surface area contributed by atoms with E-state index in [1.165, 1.54) is 6.33 Å². The topological polar surface area (TPSA) is 91.5 Å². The molecule has 1 saturated heterocycles. The lowest BCUT2D eigenvalue weighted by Gasteiger charge is -2.29. The molecule has 0 radical (unpaired) electrons. The SMILES string of the molecule is C[C@H]1[C@@H](OC(C)(C)O)[C@H](n2ccc3c(Cl)ncnc32)O[C@@H]1COc1ccc2cc(Br)cnc2c1. The number of benzene rings is 1. The van der Waals surface area contributed by atoms with Gasteiger partial charge in [0.1, 0.15) is 35.6 Å². The van der Waals surface area contributed by atoms with E-state index in [1.807, 2.05) is 48.0 Å². The summed E-state index contributed by atoms with van der Waals surface area (Å²) < 4.78 is 21.4. The summed E-state index contributed by atoms with van der Waals surface area (Å²) in [5.74, 6) is -0.724. The van der Waals surface area contributed by atoms with Gasteiger partial charge >= 0.3 is 0 Å². The molecule has 4 atom stereocenters. The molecule has 0 bridgehead atoms. The average Bonchev–Trinajstić information content (AvgIpc) is 3.34. The molecule has 178 valence electrons. The number of aromatic nitrogens is 4. The highest BCUT2D eigenvalue weighted by Gasteiger charge is 2.46. The Balaban J connectivity index is 1.40. The molecule has 1 aliphatic heterocycles. The Labute approximate surface area is 210 Å². The first-order valence-electron chi connectivity index (χ1n) is 10.9. The minimum Gasteiger partial charge on any atom is -0.491 e. The van der Waals surface area contributed by atoms with Crippen molar-refractivity contribution in [3.05, 3.63) is 58.7 Å². The predicted molar refractivity (Wildman–Crippen MR) is 132 cm³/mol. The van der Waals surface area contributed by atoms with Crippen molar-refractivity contribution >= 4 is 49.5 Å². The second-order valence-corrected chi connectivity index (χ2v) is 10.2. The van der Waals surface area contributed by atoms with Crippen LogP contribution in [0.5, 0.6) is 5.75 Å². The third-order valence-corrected chi connectivity index (χ3v) is 6.63. The summed E-state index contributed by atoms with van der Waals surface area (Å²) >= 11 is 9.68. The summed E-state index contributed by atoms with van der Waals surface area (Å²) in [7, 11) is 0. The van der Waals surface area contributed by atoms with Crippen LogP contribution in [0.1, 0.15) is 27.0 Å². The lowest BCUT2D eigenvalue weighted by Crippen LogP contribution is -2.37. The van der Waals surface area contributed by atoms with Gasteiger partial charge in [-0.2, -0.15) is 0 Å². The fourth-order valence-corrected chi connectivity index (χ4v) is 4.79. The van der Waals surface area contributed by atoms with Gasteiger partial charge in [0.15, 0.2) is 12.0 Å². The van der Waals surface area contributed by atoms with Crippen molar-refractivity contribution < 1.29 is 19.3 Å². The van der Waals surface area contributed by atoms with Crippen LogP contribution in [-0.4, -0.2) is 49.2 Å². The zero-order valence-electron chi connectivity index (χ0n) is 18.9. The van der Waals surface area contributed by atoms with Crippen LogP contribution in [0.2, 0.25) is 5.15 Å². The van der Waals surface area contributed by atoms with Gasteiger partial charge in [-0.15, -0.1) is 0 Å². The Hall–Kier alpha value is -2.30. The maximum Gasteiger partial charge on any atom is 0.162 e. The summed E-state index contributed by atoms with van der Waals surface area (Å²) in [6.07, 6.45) is 3.75. The van der Waals surface area contributed by atoms with Crippen molar-refractivity contribution in [1.82, 2.24) is 19.5 Å². The number of ether oxygens (including phenoxy) is 3. The van der Waals surface area contributed by atoms with Gasteiger partial charge in [-0.1, -0.05) is 18.5 Å². The average molecular weight is 548 g/mol. The van der Waals surface area contributed by atoms with Crippen molar-refractivity contribution in [2.75, 3.05) is 6.61 Å². The van der Waals surface area contributed by atoms with Gasteiger partial charge in [0.25, 0.3) is 0 Å². The molecule has 3 aromatic heterocycles. The van der Waals surface area contributed by atoms with Crippen LogP contribution in [0.25, 0.3) is 21.9 Å². The van der Waals surface area contributed by atoms with E-state index in [4.69, 9.17) is 25.8 Å². The molecule has 34 heavy (non-hydrogen) atoms. The number of halogens is 2. The lowest BCUT2D eigenvalue weighted by molar-refractivity contribution is -0.227. The molecule has 5 rings (SSSR count). The van der Waals surface area contributed by atoms with Gasteiger partial charge in [-0.25, -0.2) is 9.97 Å². The van der Waals surface area contributed by atoms with E-state index in [-0.39, 0.29) is 12.0 Å². The molecule has 0 saturated carbocycles. The molecule has 1 aliphatic rings. The van der Waals surface area contributed by atoms with Gasteiger partial charge < -0.3 is 23.9 Å². The van der Waals surface area contributed by atoms with E-state index < -0.39 is 18.1 Å². The van der Waals surface area contributed by atoms with Crippen LogP contribution < -0.4 is 4.74 Å². The highest BCUT2D eigenvalue weighted by molar-refractivity contribution is 9.10. The van der Waals surface area contributed by atoms with E-state index in [1.54, 1.807) is 20.0 Å². The standard InChI is InChI=1S/C24H24BrClN4O4/c1-13-19(11-32-16-5-4-14-8-15(25)10-27-18(14)9-16)33-23(20(13)34-24(2,3)31)30-7-6-17-21(26)28-12-29-22(17)30/h4-10,12-13,19-20,23,31H,11H2,1-3H3/t13-,19-,20-,23-/m1/s1. The quantitative estimate of drug-likeness (QED) is 0.265. The number of hydrogen-bond acceptors (Lipinski definition) is 7. The molecule has 1 N–H and O–H groups in total. The van der Waals surface area contributed by atoms with Gasteiger partial charge in [-0.3, -0.25) is 4.98 Å². The molecule has 4 heterocycles.